The zero-order chi connectivity index (χ0) is 21.2. The van der Waals surface area contributed by atoms with Crippen LogP contribution in [0.3, 0.4) is 0 Å². The molecular formula is C20H18F4N4O. The lowest BCUT2D eigenvalue weighted by Crippen LogP contribution is -2.46. The van der Waals surface area contributed by atoms with Gasteiger partial charge in [0.1, 0.15) is 11.5 Å². The first-order valence-electron chi connectivity index (χ1n) is 8.79. The summed E-state index contributed by atoms with van der Waals surface area (Å²) < 4.78 is 50.6. The third-order valence-corrected chi connectivity index (χ3v) is 4.96. The van der Waals surface area contributed by atoms with E-state index in [1.54, 1.807) is 6.07 Å². The number of carbonyl (C=O) groups excluding carboxylic acids is 1. The largest absolute Gasteiger partial charge is 0.430 e. The summed E-state index contributed by atoms with van der Waals surface area (Å²) in [4.78, 5) is 16.9. The second-order valence-corrected chi connectivity index (χ2v) is 6.84. The summed E-state index contributed by atoms with van der Waals surface area (Å²) in [5.74, 6) is -0.676. The molecule has 1 aliphatic carbocycles. The van der Waals surface area contributed by atoms with Crippen LogP contribution in [0, 0.1) is 11.2 Å². The number of allylic oxidation sites excluding steroid dienone is 2. The van der Waals surface area contributed by atoms with Crippen molar-refractivity contribution in [1.82, 2.24) is 4.98 Å². The lowest BCUT2D eigenvalue weighted by molar-refractivity contribution is -0.124. The fraction of sp³-hybridized carbons (Fsp3) is 0.250. The van der Waals surface area contributed by atoms with Gasteiger partial charge in [-0.15, -0.1) is 0 Å². The van der Waals surface area contributed by atoms with E-state index in [1.807, 2.05) is 0 Å². The summed E-state index contributed by atoms with van der Waals surface area (Å²) in [6.07, 6.45) is -0.827. The van der Waals surface area contributed by atoms with Gasteiger partial charge < -0.3 is 11.1 Å². The van der Waals surface area contributed by atoms with Gasteiger partial charge >= 0.3 is 6.18 Å². The van der Waals surface area contributed by atoms with E-state index in [-0.39, 0.29) is 11.6 Å². The second kappa shape index (κ2) is 7.65. The topological polar surface area (TPSA) is 91.9 Å². The second-order valence-electron chi connectivity index (χ2n) is 6.84. The van der Waals surface area contributed by atoms with E-state index >= 15 is 0 Å². The molecule has 9 heteroatoms. The number of aromatic nitrogens is 1. The lowest BCUT2D eigenvalue weighted by Gasteiger charge is -2.40. The van der Waals surface area contributed by atoms with Gasteiger partial charge in [0.2, 0.25) is 5.91 Å². The van der Waals surface area contributed by atoms with Crippen LogP contribution in [0.1, 0.15) is 30.5 Å². The number of nitrogens with zero attached hydrogens (tertiary/aromatic N) is 1. The molecular weight excluding hydrogens is 388 g/mol. The van der Waals surface area contributed by atoms with Crippen LogP contribution in [0.5, 0.6) is 0 Å². The molecule has 1 amide bonds. The Kier molecular flexibility index (Phi) is 5.41. The third-order valence-electron chi connectivity index (χ3n) is 4.96. The van der Waals surface area contributed by atoms with Gasteiger partial charge in [-0.1, -0.05) is 12.5 Å². The number of benzene rings is 1. The van der Waals surface area contributed by atoms with E-state index in [0.29, 0.717) is 30.2 Å². The fourth-order valence-electron chi connectivity index (χ4n) is 3.11. The van der Waals surface area contributed by atoms with Crippen molar-refractivity contribution in [1.29, 1.82) is 5.41 Å². The quantitative estimate of drug-likeness (QED) is 0.517. The minimum Gasteiger partial charge on any atom is -0.395 e. The molecule has 1 aromatic carbocycles. The zero-order valence-corrected chi connectivity index (χ0v) is 15.2. The predicted molar refractivity (Wildman–Crippen MR) is 99.9 cm³/mol. The first kappa shape index (κ1) is 20.5. The first-order valence-corrected chi connectivity index (χ1v) is 8.79. The van der Waals surface area contributed by atoms with E-state index in [2.05, 4.69) is 10.3 Å². The van der Waals surface area contributed by atoms with Gasteiger partial charge in [0.15, 0.2) is 0 Å². The highest BCUT2D eigenvalue weighted by atomic mass is 19.4. The SMILES string of the molecule is N=C(C=C(N)C(F)(F)F)c1ccc(C2(C(=O)Nc3ccc(F)cc3)CCC2)cn1. The normalized spacial score (nSPS) is 16.1. The van der Waals surface area contributed by atoms with Gasteiger partial charge in [0, 0.05) is 11.9 Å². The molecule has 0 unspecified atom stereocenters. The van der Waals surface area contributed by atoms with Crippen molar-refractivity contribution in [3.8, 4) is 0 Å². The highest BCUT2D eigenvalue weighted by Gasteiger charge is 2.46. The number of rotatable bonds is 5. The standard InChI is InChI=1S/C20H18F4N4O/c21-13-3-5-14(6-4-13)28-18(29)19(8-1-9-19)12-2-7-16(27-11-12)15(25)10-17(26)20(22,23)24/h2-7,10-11,25H,1,8-9,26H2,(H,28,29). The monoisotopic (exact) mass is 406 g/mol. The molecule has 4 N–H and O–H groups in total. The lowest BCUT2D eigenvalue weighted by atomic mass is 9.64. The van der Waals surface area contributed by atoms with E-state index in [1.165, 1.54) is 36.5 Å². The van der Waals surface area contributed by atoms with Crippen LogP contribution in [0.25, 0.3) is 0 Å². The number of halogens is 4. The Bertz CT molecular complexity index is 946. The number of pyridine rings is 1. The molecule has 2 aromatic rings. The van der Waals surface area contributed by atoms with Crippen molar-refractivity contribution >= 4 is 17.3 Å². The molecule has 0 spiro atoms. The van der Waals surface area contributed by atoms with E-state index in [4.69, 9.17) is 11.1 Å². The van der Waals surface area contributed by atoms with Crippen LogP contribution in [0.2, 0.25) is 0 Å². The molecule has 0 aliphatic heterocycles. The van der Waals surface area contributed by atoms with Crippen molar-refractivity contribution < 1.29 is 22.4 Å². The number of hydrogen-bond donors (Lipinski definition) is 3. The summed E-state index contributed by atoms with van der Waals surface area (Å²) in [7, 11) is 0. The Hall–Kier alpha value is -3.23. The maximum Gasteiger partial charge on any atom is 0.430 e. The Morgan fingerprint density at radius 3 is 2.31 bits per heavy atom. The van der Waals surface area contributed by atoms with E-state index < -0.39 is 28.8 Å². The van der Waals surface area contributed by atoms with Gasteiger partial charge in [0.05, 0.1) is 16.8 Å². The molecule has 0 atom stereocenters. The number of carbonyl (C=O) groups is 1. The van der Waals surface area contributed by atoms with E-state index in [0.717, 1.165) is 6.42 Å². The van der Waals surface area contributed by atoms with Gasteiger partial charge in [-0.3, -0.25) is 15.2 Å². The number of nitrogens with two attached hydrogens (primary N) is 1. The summed E-state index contributed by atoms with van der Waals surface area (Å²) in [6, 6.07) is 8.37. The Morgan fingerprint density at radius 1 is 1.17 bits per heavy atom. The number of hydrogen-bond acceptors (Lipinski definition) is 4. The van der Waals surface area contributed by atoms with Gasteiger partial charge in [-0.2, -0.15) is 13.2 Å². The van der Waals surface area contributed by atoms with Crippen LogP contribution in [-0.4, -0.2) is 22.8 Å². The average Bonchev–Trinajstić information content (AvgIpc) is 2.62. The molecule has 1 fully saturated rings. The van der Waals surface area contributed by atoms with Gasteiger partial charge in [0.25, 0.3) is 0 Å². The maximum absolute atomic E-state index is 13.0. The molecule has 1 heterocycles. The van der Waals surface area contributed by atoms with Crippen LogP contribution in [-0.2, 0) is 10.2 Å². The molecule has 3 rings (SSSR count). The van der Waals surface area contributed by atoms with Crippen LogP contribution in [0.15, 0.2) is 54.4 Å². The molecule has 0 bridgehead atoms. The highest BCUT2D eigenvalue weighted by Crippen LogP contribution is 2.44. The molecule has 0 saturated heterocycles. The highest BCUT2D eigenvalue weighted by molar-refractivity contribution is 6.05. The average molecular weight is 406 g/mol. The van der Waals surface area contributed by atoms with Crippen molar-refractivity contribution in [2.24, 2.45) is 5.73 Å². The maximum atomic E-state index is 13.0. The summed E-state index contributed by atoms with van der Waals surface area (Å²) in [5.41, 5.74) is 3.32. The number of anilines is 1. The Labute approximate surface area is 164 Å². The van der Waals surface area contributed by atoms with E-state index in [9.17, 15) is 22.4 Å². The predicted octanol–water partition coefficient (Wildman–Crippen LogP) is 4.05. The van der Waals surface area contributed by atoms with Crippen molar-refractivity contribution in [2.45, 2.75) is 30.9 Å². The fourth-order valence-corrected chi connectivity index (χ4v) is 3.11. The van der Waals surface area contributed by atoms with Crippen molar-refractivity contribution in [3.63, 3.8) is 0 Å². The van der Waals surface area contributed by atoms with Crippen LogP contribution >= 0.6 is 0 Å². The summed E-state index contributed by atoms with van der Waals surface area (Å²) in [5, 5.41) is 10.5. The number of alkyl halides is 3. The van der Waals surface area contributed by atoms with Gasteiger partial charge in [-0.05, 0) is 54.8 Å². The van der Waals surface area contributed by atoms with Crippen molar-refractivity contribution in [3.05, 3.63) is 71.4 Å². The molecule has 152 valence electrons. The number of nitrogens with one attached hydrogen (secondary N) is 2. The minimum atomic E-state index is -4.72. The number of amides is 1. The molecule has 1 aromatic heterocycles. The van der Waals surface area contributed by atoms with Gasteiger partial charge in [-0.25, -0.2) is 4.39 Å². The smallest absolute Gasteiger partial charge is 0.395 e. The Morgan fingerprint density at radius 2 is 1.83 bits per heavy atom. The summed E-state index contributed by atoms with van der Waals surface area (Å²) >= 11 is 0. The minimum absolute atomic E-state index is 0.00867. The van der Waals surface area contributed by atoms with Crippen LogP contribution < -0.4 is 11.1 Å². The van der Waals surface area contributed by atoms with Crippen molar-refractivity contribution in [2.75, 3.05) is 5.32 Å². The molecule has 29 heavy (non-hydrogen) atoms. The third kappa shape index (κ3) is 4.28. The zero-order valence-electron chi connectivity index (χ0n) is 15.2. The molecule has 1 aliphatic rings. The first-order chi connectivity index (χ1) is 13.6. The molecule has 5 nitrogen and oxygen atoms in total. The molecule has 1 saturated carbocycles. The molecule has 0 radical (unpaired) electrons. The van der Waals surface area contributed by atoms with Crippen LogP contribution in [0.4, 0.5) is 23.2 Å². The Balaban J connectivity index is 1.79. The summed E-state index contributed by atoms with van der Waals surface area (Å²) in [6.45, 7) is 0.